The van der Waals surface area contributed by atoms with Gasteiger partial charge in [-0.1, -0.05) is 247 Å². The summed E-state index contributed by atoms with van der Waals surface area (Å²) in [6.07, 6.45) is 51.0. The molecule has 2 atom stereocenters. The molecule has 72 heavy (non-hydrogen) atoms. The smallest absolute Gasteiger partial charge is 0.323 e. The van der Waals surface area contributed by atoms with Gasteiger partial charge in [-0.25, -0.2) is 0 Å². The first-order valence-electron chi connectivity index (χ1n) is 31.9. The number of aliphatic hydroxyl groups is 1. The van der Waals surface area contributed by atoms with Gasteiger partial charge in [-0.15, -0.1) is 0 Å². The van der Waals surface area contributed by atoms with Gasteiger partial charge >= 0.3 is 17.9 Å². The van der Waals surface area contributed by atoms with Gasteiger partial charge in [0.05, 0.1) is 25.4 Å². The Kier molecular flexibility index (Phi) is 47.6. The van der Waals surface area contributed by atoms with E-state index < -0.39 is 17.9 Å². The predicted molar refractivity (Wildman–Crippen MR) is 302 cm³/mol. The van der Waals surface area contributed by atoms with Crippen LogP contribution in [0.5, 0.6) is 0 Å². The fourth-order valence-electron chi connectivity index (χ4n) is 10.6. The van der Waals surface area contributed by atoms with Crippen LogP contribution < -0.4 is 0 Å². The number of hydrogen-bond acceptors (Lipinski definition) is 9. The van der Waals surface area contributed by atoms with E-state index in [-0.39, 0.29) is 24.0 Å². The van der Waals surface area contributed by atoms with Crippen molar-refractivity contribution in [3.63, 3.8) is 0 Å². The summed E-state index contributed by atoms with van der Waals surface area (Å²) < 4.78 is 25.2. The molecule has 9 nitrogen and oxygen atoms in total. The lowest BCUT2D eigenvalue weighted by Gasteiger charge is -2.37. The molecule has 426 valence electrons. The molecule has 0 aromatic carbocycles. The van der Waals surface area contributed by atoms with Crippen LogP contribution in [0.25, 0.3) is 0 Å². The Bertz CT molecular complexity index is 1180. The van der Waals surface area contributed by atoms with E-state index in [1.807, 2.05) is 0 Å². The number of esters is 3. The zero-order valence-corrected chi connectivity index (χ0v) is 48.5. The maximum absolute atomic E-state index is 13.9. The Morgan fingerprint density at radius 1 is 0.458 bits per heavy atom. The quantitative estimate of drug-likeness (QED) is 0.0275. The highest BCUT2D eigenvalue weighted by atomic mass is 16.7. The van der Waals surface area contributed by atoms with Crippen LogP contribution in [0.3, 0.4) is 0 Å². The second kappa shape index (κ2) is 50.1. The average Bonchev–Trinajstić information content (AvgIpc) is 3.75. The van der Waals surface area contributed by atoms with Crippen molar-refractivity contribution in [2.45, 2.75) is 360 Å². The minimum Gasteiger partial charge on any atom is -0.466 e. The van der Waals surface area contributed by atoms with Crippen LogP contribution in [0.4, 0.5) is 0 Å². The van der Waals surface area contributed by atoms with Gasteiger partial charge in [0.2, 0.25) is 5.79 Å². The minimum atomic E-state index is -0.850. The van der Waals surface area contributed by atoms with Gasteiger partial charge in [0.15, 0.2) is 0 Å². The van der Waals surface area contributed by atoms with E-state index in [4.69, 9.17) is 18.9 Å². The molecular weight excluding hydrogens is 899 g/mol. The molecule has 1 fully saturated rings. The third-order valence-corrected chi connectivity index (χ3v) is 15.3. The fraction of sp³-hybridized carbons (Fsp3) is 0.952. The van der Waals surface area contributed by atoms with E-state index in [1.54, 1.807) is 0 Å². The van der Waals surface area contributed by atoms with E-state index in [0.29, 0.717) is 45.6 Å². The van der Waals surface area contributed by atoms with Crippen molar-refractivity contribution in [1.29, 1.82) is 0 Å². The molecule has 9 heteroatoms. The summed E-state index contributed by atoms with van der Waals surface area (Å²) in [4.78, 5) is 41.4. The van der Waals surface area contributed by atoms with Gasteiger partial charge in [-0.05, 0) is 64.3 Å². The topological polar surface area (TPSA) is 112 Å². The molecule has 1 N–H and O–H groups in total. The molecule has 1 rings (SSSR count). The van der Waals surface area contributed by atoms with Crippen LogP contribution in [-0.4, -0.2) is 78.3 Å². The maximum Gasteiger partial charge on any atom is 0.323 e. The number of ether oxygens (including phenoxy) is 4. The van der Waals surface area contributed by atoms with E-state index in [1.165, 1.54) is 173 Å². The molecule has 0 radical (unpaired) electrons. The van der Waals surface area contributed by atoms with Gasteiger partial charge < -0.3 is 24.1 Å². The number of rotatable bonds is 55. The van der Waals surface area contributed by atoms with Crippen LogP contribution in [0.1, 0.15) is 336 Å². The molecule has 1 unspecified atom stereocenters. The van der Waals surface area contributed by atoms with Crippen molar-refractivity contribution in [3.05, 3.63) is 0 Å². The summed E-state index contributed by atoms with van der Waals surface area (Å²) in [6, 6.07) is -0.428. The number of carbonyl (C=O) groups is 3. The van der Waals surface area contributed by atoms with Gasteiger partial charge in [-0.3, -0.25) is 19.3 Å². The number of carbonyl (C=O) groups excluding carboxylic acids is 3. The van der Waals surface area contributed by atoms with Crippen molar-refractivity contribution in [2.24, 2.45) is 0 Å². The summed E-state index contributed by atoms with van der Waals surface area (Å²) in [5, 5.41) is 10.5. The molecule has 1 saturated heterocycles. The van der Waals surface area contributed by atoms with Gasteiger partial charge in [0.1, 0.15) is 6.04 Å². The number of nitrogens with zero attached hydrogens (tertiary/aromatic N) is 1. The van der Waals surface area contributed by atoms with E-state index in [9.17, 15) is 19.5 Å². The maximum atomic E-state index is 13.9. The number of β-amino-alcohol motifs (C(OH)–C–C–N with tert-alkyl or cyclic N) is 1. The molecule has 0 bridgehead atoms. The number of hydrogen-bond donors (Lipinski definition) is 1. The molecule has 0 aliphatic carbocycles. The number of likely N-dealkylation sites (tertiary alicyclic amines) is 1. The van der Waals surface area contributed by atoms with E-state index in [0.717, 1.165) is 109 Å². The van der Waals surface area contributed by atoms with E-state index >= 15 is 0 Å². The third-order valence-electron chi connectivity index (χ3n) is 15.3. The first-order chi connectivity index (χ1) is 35.2. The normalized spacial score (nSPS) is 15.2. The molecule has 1 heterocycles. The lowest BCUT2D eigenvalue weighted by Crippen LogP contribution is -2.42. The second-order valence-corrected chi connectivity index (χ2v) is 22.4. The van der Waals surface area contributed by atoms with Crippen molar-refractivity contribution in [3.8, 4) is 0 Å². The molecular formula is C63H121NO8. The molecule has 0 aromatic heterocycles. The molecule has 0 saturated carbocycles. The van der Waals surface area contributed by atoms with Crippen molar-refractivity contribution in [2.75, 3.05) is 26.3 Å². The minimum absolute atomic E-state index is 0.113. The highest BCUT2D eigenvalue weighted by Crippen LogP contribution is 2.34. The lowest BCUT2D eigenvalue weighted by atomic mass is 9.97. The largest absolute Gasteiger partial charge is 0.466 e. The van der Waals surface area contributed by atoms with Crippen LogP contribution in [-0.2, 0) is 33.3 Å². The highest BCUT2D eigenvalue weighted by Gasteiger charge is 2.38. The van der Waals surface area contributed by atoms with E-state index in [2.05, 4.69) is 39.5 Å². The van der Waals surface area contributed by atoms with Crippen molar-refractivity contribution < 1.29 is 38.4 Å². The fourth-order valence-corrected chi connectivity index (χ4v) is 10.6. The second-order valence-electron chi connectivity index (χ2n) is 22.4. The Balaban J connectivity index is 2.68. The summed E-state index contributed by atoms with van der Waals surface area (Å²) in [7, 11) is 0. The Morgan fingerprint density at radius 3 is 1.31 bits per heavy atom. The summed E-state index contributed by atoms with van der Waals surface area (Å²) in [5.74, 6) is -1.34. The van der Waals surface area contributed by atoms with Crippen LogP contribution in [0.15, 0.2) is 0 Å². The van der Waals surface area contributed by atoms with Crippen molar-refractivity contribution >= 4 is 17.9 Å². The number of unbranched alkanes of at least 4 members (excludes halogenated alkanes) is 33. The van der Waals surface area contributed by atoms with Crippen LogP contribution >= 0.6 is 0 Å². The Hall–Kier alpha value is -1.71. The SMILES string of the molecule is CCCCCCCCCCCOC(=O)CCCCCN1CC(O)C[C@H]1C(=O)OCCCCCCC(=O)OC(CCCCCCCC)(CCCCCCCC)OC(CCCCCCCC)CCCCCCCC. The molecule has 1 aliphatic rings. The van der Waals surface area contributed by atoms with Gasteiger partial charge in [-0.2, -0.15) is 0 Å². The first kappa shape index (κ1) is 68.3. The zero-order valence-electron chi connectivity index (χ0n) is 48.5. The summed E-state index contributed by atoms with van der Waals surface area (Å²) in [6.45, 7) is 13.4. The monoisotopic (exact) mass is 1020 g/mol. The Labute approximate surface area is 446 Å². The molecule has 0 amide bonds. The van der Waals surface area contributed by atoms with Crippen LogP contribution in [0.2, 0.25) is 0 Å². The molecule has 0 spiro atoms. The van der Waals surface area contributed by atoms with Gasteiger partial charge in [0, 0.05) is 38.6 Å². The van der Waals surface area contributed by atoms with Crippen molar-refractivity contribution in [1.82, 2.24) is 4.90 Å². The average molecular weight is 1020 g/mol. The summed E-state index contributed by atoms with van der Waals surface area (Å²) >= 11 is 0. The lowest BCUT2D eigenvalue weighted by molar-refractivity contribution is -0.259. The molecule has 1 aliphatic heterocycles. The number of aliphatic hydroxyl groups excluding tert-OH is 1. The highest BCUT2D eigenvalue weighted by molar-refractivity contribution is 5.76. The first-order valence-corrected chi connectivity index (χ1v) is 31.9. The summed E-state index contributed by atoms with van der Waals surface area (Å²) in [5.41, 5.74) is 0. The third kappa shape index (κ3) is 39.7. The predicted octanol–water partition coefficient (Wildman–Crippen LogP) is 18.2. The Morgan fingerprint density at radius 2 is 0.833 bits per heavy atom. The van der Waals surface area contributed by atoms with Crippen LogP contribution in [0, 0.1) is 0 Å². The standard InChI is InChI=1S/C63H121NO8/c1-6-11-16-21-26-27-28-34-44-53-69-60(66)48-40-36-43-52-64-56-57(65)55-59(64)62(68)70-54-45-35-31-39-49-61(67)72-63(50-41-32-24-19-14-9-4,51-42-33-25-20-15-10-5)71-58(46-37-29-22-17-12-7-2)47-38-30-23-18-13-8-3/h57-59,65H,6-56H2,1-5H3/t57?,59-/m0/s1. The van der Waals surface area contributed by atoms with Gasteiger partial charge in [0.25, 0.3) is 0 Å². The molecule has 0 aromatic rings. The zero-order chi connectivity index (χ0) is 52.4.